The van der Waals surface area contributed by atoms with Gasteiger partial charge in [0.15, 0.2) is 0 Å². The summed E-state index contributed by atoms with van der Waals surface area (Å²) in [7, 11) is 0. The van der Waals surface area contributed by atoms with Crippen molar-refractivity contribution in [2.45, 2.75) is 57.2 Å². The molecule has 1 N–H and O–H groups in total. The Morgan fingerprint density at radius 2 is 1.93 bits per heavy atom. The van der Waals surface area contributed by atoms with Gasteiger partial charge in [0.2, 0.25) is 5.91 Å². The van der Waals surface area contributed by atoms with E-state index >= 15 is 0 Å². The van der Waals surface area contributed by atoms with Crippen LogP contribution in [0.5, 0.6) is 0 Å². The number of carbonyl (C=O) groups excluding carboxylic acids is 1. The van der Waals surface area contributed by atoms with Crippen LogP contribution in [0.4, 0.5) is 0 Å². The zero-order chi connectivity index (χ0) is 18.9. The van der Waals surface area contributed by atoms with Gasteiger partial charge in [-0.05, 0) is 81.9 Å². The second kappa shape index (κ2) is 7.88. The second-order valence-electron chi connectivity index (χ2n) is 8.92. The van der Waals surface area contributed by atoms with Crippen molar-refractivity contribution in [3.8, 4) is 0 Å². The topological polar surface area (TPSA) is 48.7 Å². The molecule has 1 saturated carbocycles. The Balaban J connectivity index is 1.12. The molecular weight excluding hydrogens is 350 g/mol. The molecule has 0 unspecified atom stereocenters. The lowest BCUT2D eigenvalue weighted by atomic mass is 9.93. The standard InChI is InChI=1S/C23H31N3O2/c27-23(24-20-4-5-20)19-2-1-10-26(16-19)21-7-11-25(12-8-21)15-17-3-6-22-18(14-17)9-13-28-22/h3,6,9,13-14,19-21H,1-2,4-5,7-8,10-12,15-16H2,(H,24,27)/t19-/m0/s1. The highest BCUT2D eigenvalue weighted by Gasteiger charge is 2.33. The van der Waals surface area contributed by atoms with E-state index in [1.807, 2.05) is 6.07 Å². The van der Waals surface area contributed by atoms with Gasteiger partial charge in [0.05, 0.1) is 12.2 Å². The number of furan rings is 1. The van der Waals surface area contributed by atoms with Crippen molar-refractivity contribution in [2.24, 2.45) is 5.92 Å². The van der Waals surface area contributed by atoms with Gasteiger partial charge in [0.1, 0.15) is 5.58 Å². The van der Waals surface area contributed by atoms with Crippen molar-refractivity contribution in [1.29, 1.82) is 0 Å². The molecule has 150 valence electrons. The van der Waals surface area contributed by atoms with Crippen LogP contribution < -0.4 is 5.32 Å². The summed E-state index contributed by atoms with van der Waals surface area (Å²) in [4.78, 5) is 17.6. The van der Waals surface area contributed by atoms with E-state index in [0.29, 0.717) is 18.0 Å². The van der Waals surface area contributed by atoms with Gasteiger partial charge < -0.3 is 9.73 Å². The Bertz CT molecular complexity index is 820. The van der Waals surface area contributed by atoms with E-state index in [4.69, 9.17) is 4.42 Å². The van der Waals surface area contributed by atoms with E-state index in [1.54, 1.807) is 6.26 Å². The molecule has 3 aliphatic rings. The quantitative estimate of drug-likeness (QED) is 0.863. The normalized spacial score (nSPS) is 25.2. The molecule has 0 radical (unpaired) electrons. The van der Waals surface area contributed by atoms with Crippen LogP contribution in [0, 0.1) is 5.92 Å². The second-order valence-corrected chi connectivity index (χ2v) is 8.92. The lowest BCUT2D eigenvalue weighted by Crippen LogP contribution is -2.50. The number of amides is 1. The summed E-state index contributed by atoms with van der Waals surface area (Å²) >= 11 is 0. The van der Waals surface area contributed by atoms with Crippen molar-refractivity contribution in [2.75, 3.05) is 26.2 Å². The Labute approximate surface area is 167 Å². The number of hydrogen-bond donors (Lipinski definition) is 1. The molecular formula is C23H31N3O2. The molecule has 1 atom stereocenters. The van der Waals surface area contributed by atoms with Crippen LogP contribution in [0.3, 0.4) is 0 Å². The van der Waals surface area contributed by atoms with Gasteiger partial charge >= 0.3 is 0 Å². The monoisotopic (exact) mass is 381 g/mol. The third-order valence-corrected chi connectivity index (χ3v) is 6.74. The van der Waals surface area contributed by atoms with E-state index in [9.17, 15) is 4.79 Å². The molecule has 1 aromatic heterocycles. The predicted molar refractivity (Wildman–Crippen MR) is 110 cm³/mol. The lowest BCUT2D eigenvalue weighted by molar-refractivity contribution is -0.127. The Morgan fingerprint density at radius 3 is 2.75 bits per heavy atom. The van der Waals surface area contributed by atoms with Crippen molar-refractivity contribution in [3.05, 3.63) is 36.1 Å². The van der Waals surface area contributed by atoms with Gasteiger partial charge in [0.25, 0.3) is 0 Å². The number of piperidine rings is 2. The van der Waals surface area contributed by atoms with Gasteiger partial charge in [-0.15, -0.1) is 0 Å². The maximum absolute atomic E-state index is 12.5. The lowest BCUT2D eigenvalue weighted by Gasteiger charge is -2.42. The summed E-state index contributed by atoms with van der Waals surface area (Å²) < 4.78 is 5.45. The SMILES string of the molecule is O=C(NC1CC1)[C@H]1CCCN(C2CCN(Cc3ccc4occc4c3)CC2)C1. The van der Waals surface area contributed by atoms with Crippen LogP contribution in [0.15, 0.2) is 34.9 Å². The summed E-state index contributed by atoms with van der Waals surface area (Å²) in [6.07, 6.45) is 8.76. The molecule has 1 aliphatic carbocycles. The van der Waals surface area contributed by atoms with E-state index in [0.717, 1.165) is 51.1 Å². The smallest absolute Gasteiger partial charge is 0.224 e. The molecule has 3 fully saturated rings. The zero-order valence-corrected chi connectivity index (χ0v) is 16.6. The maximum Gasteiger partial charge on any atom is 0.224 e. The van der Waals surface area contributed by atoms with Crippen molar-refractivity contribution >= 4 is 16.9 Å². The van der Waals surface area contributed by atoms with E-state index < -0.39 is 0 Å². The van der Waals surface area contributed by atoms with E-state index in [-0.39, 0.29) is 5.92 Å². The first-order chi connectivity index (χ1) is 13.7. The highest BCUT2D eigenvalue weighted by molar-refractivity contribution is 5.79. The molecule has 5 rings (SSSR count). The molecule has 5 heteroatoms. The molecule has 1 amide bonds. The maximum atomic E-state index is 12.5. The summed E-state index contributed by atoms with van der Waals surface area (Å²) in [6.45, 7) is 5.42. The first-order valence-electron chi connectivity index (χ1n) is 11.0. The minimum absolute atomic E-state index is 0.203. The number of fused-ring (bicyclic) bond motifs is 1. The summed E-state index contributed by atoms with van der Waals surface area (Å²) in [5, 5.41) is 4.40. The van der Waals surface area contributed by atoms with Gasteiger partial charge in [-0.2, -0.15) is 0 Å². The Kier molecular flexibility index (Phi) is 5.12. The average Bonchev–Trinajstić information content (AvgIpc) is 3.42. The molecule has 2 aliphatic heterocycles. The molecule has 28 heavy (non-hydrogen) atoms. The molecule has 1 aromatic carbocycles. The summed E-state index contributed by atoms with van der Waals surface area (Å²) in [5.41, 5.74) is 2.33. The Hall–Kier alpha value is -1.85. The fourth-order valence-electron chi connectivity index (χ4n) is 4.91. The van der Waals surface area contributed by atoms with Crippen LogP contribution in [0.25, 0.3) is 11.0 Å². The van der Waals surface area contributed by atoms with Gasteiger partial charge in [-0.25, -0.2) is 0 Å². The average molecular weight is 382 g/mol. The molecule has 0 bridgehead atoms. The largest absolute Gasteiger partial charge is 0.464 e. The van der Waals surface area contributed by atoms with Crippen LogP contribution in [0.1, 0.15) is 44.1 Å². The highest BCUT2D eigenvalue weighted by atomic mass is 16.3. The third kappa shape index (κ3) is 4.11. The number of nitrogens with one attached hydrogen (secondary N) is 1. The fourth-order valence-corrected chi connectivity index (χ4v) is 4.91. The first-order valence-corrected chi connectivity index (χ1v) is 11.0. The number of likely N-dealkylation sites (tertiary alicyclic amines) is 2. The summed E-state index contributed by atoms with van der Waals surface area (Å²) in [5.74, 6) is 0.508. The number of nitrogens with zero attached hydrogens (tertiary/aromatic N) is 2. The van der Waals surface area contributed by atoms with Crippen molar-refractivity contribution in [3.63, 3.8) is 0 Å². The zero-order valence-electron chi connectivity index (χ0n) is 16.6. The van der Waals surface area contributed by atoms with Crippen LogP contribution in [-0.2, 0) is 11.3 Å². The molecule has 2 saturated heterocycles. The van der Waals surface area contributed by atoms with Crippen LogP contribution in [0.2, 0.25) is 0 Å². The minimum atomic E-state index is 0.203. The minimum Gasteiger partial charge on any atom is -0.464 e. The van der Waals surface area contributed by atoms with Gasteiger partial charge in [-0.1, -0.05) is 6.07 Å². The van der Waals surface area contributed by atoms with Crippen molar-refractivity contribution in [1.82, 2.24) is 15.1 Å². The molecule has 5 nitrogen and oxygen atoms in total. The summed E-state index contributed by atoms with van der Waals surface area (Å²) in [6, 6.07) is 9.68. The molecule has 2 aromatic rings. The Morgan fingerprint density at radius 1 is 1.07 bits per heavy atom. The molecule has 0 spiro atoms. The number of carbonyl (C=O) groups is 1. The highest BCUT2D eigenvalue weighted by Crippen LogP contribution is 2.26. The third-order valence-electron chi connectivity index (χ3n) is 6.74. The van der Waals surface area contributed by atoms with Gasteiger partial charge in [-0.3, -0.25) is 14.6 Å². The molecule has 3 heterocycles. The van der Waals surface area contributed by atoms with Crippen molar-refractivity contribution < 1.29 is 9.21 Å². The number of rotatable bonds is 5. The number of benzene rings is 1. The van der Waals surface area contributed by atoms with E-state index in [1.165, 1.54) is 36.6 Å². The first kappa shape index (κ1) is 18.2. The van der Waals surface area contributed by atoms with Crippen LogP contribution in [-0.4, -0.2) is 54.0 Å². The van der Waals surface area contributed by atoms with E-state index in [2.05, 4.69) is 33.3 Å². The fraction of sp³-hybridized carbons (Fsp3) is 0.609. The number of hydrogen-bond acceptors (Lipinski definition) is 4. The predicted octanol–water partition coefficient (Wildman–Crippen LogP) is 3.39. The van der Waals surface area contributed by atoms with Gasteiger partial charge in [0, 0.05) is 30.6 Å². The van der Waals surface area contributed by atoms with Crippen LogP contribution >= 0.6 is 0 Å².